The van der Waals surface area contributed by atoms with Gasteiger partial charge >= 0.3 is 6.18 Å². The van der Waals surface area contributed by atoms with E-state index in [9.17, 15) is 13.2 Å². The first-order valence-electron chi connectivity index (χ1n) is 7.12. The topological polar surface area (TPSA) is 55.1 Å². The number of aromatic nitrogens is 3. The minimum atomic E-state index is -4.46. The summed E-state index contributed by atoms with van der Waals surface area (Å²) < 4.78 is 43.1. The van der Waals surface area contributed by atoms with Gasteiger partial charge in [-0.1, -0.05) is 16.8 Å². The number of halogens is 4. The van der Waals surface area contributed by atoms with E-state index < -0.39 is 11.7 Å². The third kappa shape index (κ3) is 3.41. The highest BCUT2D eigenvalue weighted by molar-refractivity contribution is 6.33. The van der Waals surface area contributed by atoms with E-state index in [0.29, 0.717) is 30.6 Å². The van der Waals surface area contributed by atoms with Gasteiger partial charge < -0.3 is 9.42 Å². The van der Waals surface area contributed by atoms with E-state index in [0.717, 1.165) is 25.1 Å². The zero-order chi connectivity index (χ0) is 16.6. The molecule has 0 saturated carbocycles. The average molecular weight is 347 g/mol. The molecule has 124 valence electrons. The van der Waals surface area contributed by atoms with Crippen LogP contribution in [-0.4, -0.2) is 28.2 Å². The molecule has 5 nitrogen and oxygen atoms in total. The minimum absolute atomic E-state index is 0.00947. The lowest BCUT2D eigenvalue weighted by Crippen LogP contribution is -2.35. The van der Waals surface area contributed by atoms with Crippen LogP contribution in [0.5, 0.6) is 0 Å². The first-order valence-corrected chi connectivity index (χ1v) is 7.50. The first-order chi connectivity index (χ1) is 10.8. The second kappa shape index (κ2) is 5.99. The van der Waals surface area contributed by atoms with Gasteiger partial charge in [0.05, 0.1) is 10.6 Å². The fourth-order valence-corrected chi connectivity index (χ4v) is 2.97. The summed E-state index contributed by atoms with van der Waals surface area (Å²) in [4.78, 5) is 10.00. The average Bonchev–Trinajstić information content (AvgIpc) is 2.93. The number of hydrogen-bond acceptors (Lipinski definition) is 5. The lowest BCUT2D eigenvalue weighted by Gasteiger charge is -2.32. The lowest BCUT2D eigenvalue weighted by atomic mass is 9.97. The van der Waals surface area contributed by atoms with Gasteiger partial charge in [0.25, 0.3) is 0 Å². The van der Waals surface area contributed by atoms with Crippen LogP contribution in [0.4, 0.5) is 19.0 Å². The number of nitrogens with zero attached hydrogens (tertiary/aromatic N) is 4. The summed E-state index contributed by atoms with van der Waals surface area (Å²) >= 11 is 6.01. The van der Waals surface area contributed by atoms with Crippen LogP contribution in [0, 0.1) is 6.92 Å². The summed E-state index contributed by atoms with van der Waals surface area (Å²) in [5, 5.41) is 3.91. The molecule has 0 aromatic carbocycles. The maximum atomic E-state index is 12.7. The van der Waals surface area contributed by atoms with Crippen LogP contribution in [0.15, 0.2) is 16.8 Å². The van der Waals surface area contributed by atoms with Crippen molar-refractivity contribution >= 4 is 17.4 Å². The van der Waals surface area contributed by atoms with Crippen molar-refractivity contribution in [3.05, 3.63) is 34.6 Å². The normalized spacial score (nSPS) is 19.2. The molecule has 2 aromatic rings. The molecule has 0 spiro atoms. The standard InChI is InChI=1S/C14H14ClF3N4O/c1-8-20-12(21-23-8)9-3-2-4-22(7-9)13-11(15)5-10(6-19-13)14(16,17)18/h5-6,9H,2-4,7H2,1H3/t9-/m0/s1. The summed E-state index contributed by atoms with van der Waals surface area (Å²) in [7, 11) is 0. The van der Waals surface area contributed by atoms with Crippen molar-refractivity contribution in [2.24, 2.45) is 0 Å². The maximum Gasteiger partial charge on any atom is 0.417 e. The van der Waals surface area contributed by atoms with Crippen molar-refractivity contribution in [3.63, 3.8) is 0 Å². The quantitative estimate of drug-likeness (QED) is 0.827. The predicted molar refractivity (Wildman–Crippen MR) is 77.5 cm³/mol. The number of rotatable bonds is 2. The van der Waals surface area contributed by atoms with E-state index in [1.807, 2.05) is 4.90 Å². The van der Waals surface area contributed by atoms with Crippen molar-refractivity contribution in [3.8, 4) is 0 Å². The van der Waals surface area contributed by atoms with E-state index in [2.05, 4.69) is 15.1 Å². The van der Waals surface area contributed by atoms with Gasteiger partial charge in [0.1, 0.15) is 5.82 Å². The van der Waals surface area contributed by atoms with E-state index in [4.69, 9.17) is 16.1 Å². The minimum Gasteiger partial charge on any atom is -0.355 e. The van der Waals surface area contributed by atoms with Gasteiger partial charge in [-0.15, -0.1) is 0 Å². The molecule has 1 aliphatic heterocycles. The van der Waals surface area contributed by atoms with Gasteiger partial charge in [-0.2, -0.15) is 18.2 Å². The number of pyridine rings is 1. The van der Waals surface area contributed by atoms with Crippen LogP contribution < -0.4 is 4.90 Å². The van der Waals surface area contributed by atoms with Crippen LogP contribution >= 0.6 is 11.6 Å². The largest absolute Gasteiger partial charge is 0.417 e. The third-order valence-electron chi connectivity index (χ3n) is 3.78. The van der Waals surface area contributed by atoms with Gasteiger partial charge in [0.15, 0.2) is 5.82 Å². The molecule has 23 heavy (non-hydrogen) atoms. The Hall–Kier alpha value is -1.83. The number of anilines is 1. The van der Waals surface area contributed by atoms with Crippen LogP contribution in [0.3, 0.4) is 0 Å². The van der Waals surface area contributed by atoms with Crippen molar-refractivity contribution in [1.29, 1.82) is 0 Å². The van der Waals surface area contributed by atoms with Crippen molar-refractivity contribution < 1.29 is 17.7 Å². The Morgan fingerprint density at radius 3 is 2.78 bits per heavy atom. The molecule has 1 atom stereocenters. The molecule has 9 heteroatoms. The maximum absolute atomic E-state index is 12.7. The molecule has 0 unspecified atom stereocenters. The lowest BCUT2D eigenvalue weighted by molar-refractivity contribution is -0.137. The molecule has 3 rings (SSSR count). The summed E-state index contributed by atoms with van der Waals surface area (Å²) in [6.07, 6.45) is -1.92. The Balaban J connectivity index is 1.81. The Morgan fingerprint density at radius 1 is 1.39 bits per heavy atom. The molecule has 1 saturated heterocycles. The first kappa shape index (κ1) is 16.0. The Bertz CT molecular complexity index is 704. The number of hydrogen-bond donors (Lipinski definition) is 0. The molecule has 1 fully saturated rings. The van der Waals surface area contributed by atoms with Gasteiger partial charge in [-0.05, 0) is 18.9 Å². The van der Waals surface area contributed by atoms with Gasteiger partial charge in [-0.25, -0.2) is 4.98 Å². The third-order valence-corrected chi connectivity index (χ3v) is 4.06. The Labute approximate surface area is 135 Å². The second-order valence-electron chi connectivity index (χ2n) is 5.48. The van der Waals surface area contributed by atoms with E-state index in [1.165, 1.54) is 0 Å². The van der Waals surface area contributed by atoms with E-state index in [1.54, 1.807) is 6.92 Å². The van der Waals surface area contributed by atoms with Crippen molar-refractivity contribution in [2.75, 3.05) is 18.0 Å². The number of aryl methyl sites for hydroxylation is 1. The van der Waals surface area contributed by atoms with Crippen LogP contribution in [0.25, 0.3) is 0 Å². The zero-order valence-corrected chi connectivity index (χ0v) is 13.0. The summed E-state index contributed by atoms with van der Waals surface area (Å²) in [6.45, 7) is 2.92. The fourth-order valence-electron chi connectivity index (χ4n) is 2.68. The summed E-state index contributed by atoms with van der Waals surface area (Å²) in [5.74, 6) is 1.49. The summed E-state index contributed by atoms with van der Waals surface area (Å²) in [5.41, 5.74) is -0.853. The highest BCUT2D eigenvalue weighted by Crippen LogP contribution is 2.35. The van der Waals surface area contributed by atoms with Crippen LogP contribution in [0.2, 0.25) is 5.02 Å². The molecule has 0 aliphatic carbocycles. The molecule has 0 amide bonds. The molecule has 0 radical (unpaired) electrons. The molecule has 0 N–H and O–H groups in total. The Morgan fingerprint density at radius 2 is 2.17 bits per heavy atom. The number of alkyl halides is 3. The predicted octanol–water partition coefficient (Wildman–Crippen LogP) is 3.83. The van der Waals surface area contributed by atoms with Gasteiger partial charge in [0.2, 0.25) is 5.89 Å². The molecular weight excluding hydrogens is 333 g/mol. The van der Waals surface area contributed by atoms with Crippen LogP contribution in [0.1, 0.15) is 36.0 Å². The van der Waals surface area contributed by atoms with Crippen molar-refractivity contribution in [2.45, 2.75) is 31.9 Å². The smallest absolute Gasteiger partial charge is 0.355 e. The number of piperidine rings is 1. The SMILES string of the molecule is Cc1nc([C@H]2CCCN(c3ncc(C(F)(F)F)cc3Cl)C2)no1. The highest BCUT2D eigenvalue weighted by Gasteiger charge is 2.33. The fraction of sp³-hybridized carbons (Fsp3) is 0.500. The molecule has 3 heterocycles. The Kier molecular flexibility index (Phi) is 4.18. The molecule has 2 aromatic heterocycles. The van der Waals surface area contributed by atoms with Gasteiger partial charge in [0, 0.05) is 32.1 Å². The van der Waals surface area contributed by atoms with Crippen molar-refractivity contribution in [1.82, 2.24) is 15.1 Å². The van der Waals surface area contributed by atoms with E-state index in [-0.39, 0.29) is 10.9 Å². The monoisotopic (exact) mass is 346 g/mol. The molecule has 1 aliphatic rings. The van der Waals surface area contributed by atoms with Crippen LogP contribution in [-0.2, 0) is 6.18 Å². The zero-order valence-electron chi connectivity index (χ0n) is 12.3. The highest BCUT2D eigenvalue weighted by atomic mass is 35.5. The van der Waals surface area contributed by atoms with E-state index >= 15 is 0 Å². The second-order valence-corrected chi connectivity index (χ2v) is 5.89. The van der Waals surface area contributed by atoms with Gasteiger partial charge in [-0.3, -0.25) is 0 Å². The molecular formula is C14H14ClF3N4O. The summed E-state index contributed by atoms with van der Waals surface area (Å²) in [6, 6.07) is 0.909. The molecule has 0 bridgehead atoms.